The minimum atomic E-state index is -0.295. The molecular formula is C11H19N3O2. The molecule has 1 aromatic rings. The van der Waals surface area contributed by atoms with E-state index < -0.39 is 0 Å². The van der Waals surface area contributed by atoms with E-state index in [2.05, 4.69) is 10.3 Å². The fourth-order valence-electron chi connectivity index (χ4n) is 1.71. The number of nitrogens with zero attached hydrogens (tertiary/aromatic N) is 3. The number of aldehydes is 1. The predicted molar refractivity (Wildman–Crippen MR) is 60.4 cm³/mol. The van der Waals surface area contributed by atoms with Crippen LogP contribution >= 0.6 is 0 Å². The number of aliphatic hydroxyl groups excluding tert-OH is 1. The number of rotatable bonds is 6. The van der Waals surface area contributed by atoms with Gasteiger partial charge >= 0.3 is 0 Å². The van der Waals surface area contributed by atoms with Gasteiger partial charge in [0.15, 0.2) is 6.29 Å². The fourth-order valence-corrected chi connectivity index (χ4v) is 1.71. The highest BCUT2D eigenvalue weighted by atomic mass is 16.3. The van der Waals surface area contributed by atoms with Gasteiger partial charge in [0.1, 0.15) is 5.69 Å². The van der Waals surface area contributed by atoms with Crippen LogP contribution in [-0.4, -0.2) is 32.5 Å². The van der Waals surface area contributed by atoms with Crippen molar-refractivity contribution in [2.24, 2.45) is 0 Å². The van der Waals surface area contributed by atoms with Crippen molar-refractivity contribution in [3.8, 4) is 0 Å². The van der Waals surface area contributed by atoms with E-state index in [0.29, 0.717) is 12.2 Å². The summed E-state index contributed by atoms with van der Waals surface area (Å²) in [7, 11) is 0. The Kier molecular flexibility index (Phi) is 4.61. The molecule has 0 aromatic carbocycles. The van der Waals surface area contributed by atoms with E-state index >= 15 is 0 Å². The van der Waals surface area contributed by atoms with Crippen molar-refractivity contribution in [2.75, 3.05) is 0 Å². The van der Waals surface area contributed by atoms with Crippen molar-refractivity contribution >= 4 is 6.29 Å². The van der Waals surface area contributed by atoms with Gasteiger partial charge in [-0.3, -0.25) is 4.79 Å². The van der Waals surface area contributed by atoms with Crippen LogP contribution in [0, 0.1) is 0 Å². The molecule has 5 nitrogen and oxygen atoms in total. The van der Waals surface area contributed by atoms with Crippen LogP contribution < -0.4 is 0 Å². The first-order valence-corrected chi connectivity index (χ1v) is 5.62. The number of hydrogen-bond acceptors (Lipinski definition) is 4. The third-order valence-electron chi connectivity index (χ3n) is 2.45. The van der Waals surface area contributed by atoms with Crippen molar-refractivity contribution in [1.29, 1.82) is 0 Å². The summed E-state index contributed by atoms with van der Waals surface area (Å²) in [5.74, 6) is 0.224. The van der Waals surface area contributed by atoms with Crippen molar-refractivity contribution < 1.29 is 9.90 Å². The molecule has 0 spiro atoms. The highest BCUT2D eigenvalue weighted by Crippen LogP contribution is 2.16. The van der Waals surface area contributed by atoms with E-state index in [4.69, 9.17) is 5.11 Å². The minimum absolute atomic E-state index is 0.224. The van der Waals surface area contributed by atoms with Crippen molar-refractivity contribution in [3.63, 3.8) is 0 Å². The molecule has 0 amide bonds. The molecule has 1 rings (SSSR count). The highest BCUT2D eigenvalue weighted by molar-refractivity contribution is 5.73. The van der Waals surface area contributed by atoms with Crippen LogP contribution in [0.15, 0.2) is 0 Å². The Balaban J connectivity index is 2.72. The quantitative estimate of drug-likeness (QED) is 0.742. The molecule has 90 valence electrons. The summed E-state index contributed by atoms with van der Waals surface area (Å²) in [6, 6.07) is 0. The van der Waals surface area contributed by atoms with Crippen LogP contribution in [0.25, 0.3) is 0 Å². The molecular weight excluding hydrogens is 206 g/mol. The topological polar surface area (TPSA) is 68.0 Å². The lowest BCUT2D eigenvalue weighted by Crippen LogP contribution is -2.10. The summed E-state index contributed by atoms with van der Waals surface area (Å²) in [4.78, 5) is 10.8. The monoisotopic (exact) mass is 225 g/mol. The summed E-state index contributed by atoms with van der Waals surface area (Å²) in [5.41, 5.74) is 1.30. The number of hydrogen-bond donors (Lipinski definition) is 1. The molecule has 16 heavy (non-hydrogen) atoms. The van der Waals surface area contributed by atoms with Crippen LogP contribution in [-0.2, 0) is 6.54 Å². The van der Waals surface area contributed by atoms with Gasteiger partial charge in [-0.1, -0.05) is 19.1 Å². The van der Waals surface area contributed by atoms with Gasteiger partial charge in [-0.05, 0) is 25.7 Å². The molecule has 0 bridgehead atoms. The van der Waals surface area contributed by atoms with E-state index in [-0.39, 0.29) is 12.0 Å². The lowest BCUT2D eigenvalue weighted by atomic mass is 10.1. The Labute approximate surface area is 95.5 Å². The first-order valence-electron chi connectivity index (χ1n) is 5.62. The van der Waals surface area contributed by atoms with E-state index in [0.717, 1.165) is 24.8 Å². The Hall–Kier alpha value is -1.23. The molecule has 1 N–H and O–H groups in total. The Bertz CT molecular complexity index is 345. The van der Waals surface area contributed by atoms with Crippen molar-refractivity contribution in [3.05, 3.63) is 11.4 Å². The Morgan fingerprint density at radius 1 is 1.44 bits per heavy atom. The molecule has 0 radical (unpaired) electrons. The number of aliphatic hydroxyl groups is 1. The SMILES string of the molecule is CC(O)CCCn1nnc(C=O)c1C(C)C. The normalized spacial score (nSPS) is 13.1. The maximum atomic E-state index is 10.8. The highest BCUT2D eigenvalue weighted by Gasteiger charge is 2.15. The Morgan fingerprint density at radius 2 is 2.12 bits per heavy atom. The zero-order chi connectivity index (χ0) is 12.1. The van der Waals surface area contributed by atoms with Crippen molar-refractivity contribution in [1.82, 2.24) is 15.0 Å². The Morgan fingerprint density at radius 3 is 2.62 bits per heavy atom. The molecule has 1 unspecified atom stereocenters. The van der Waals surface area contributed by atoms with Crippen molar-refractivity contribution in [2.45, 2.75) is 52.2 Å². The van der Waals surface area contributed by atoms with Crippen LogP contribution in [0.2, 0.25) is 0 Å². The maximum absolute atomic E-state index is 10.8. The van der Waals surface area contributed by atoms with Gasteiger partial charge in [0.05, 0.1) is 11.8 Å². The minimum Gasteiger partial charge on any atom is -0.393 e. The van der Waals surface area contributed by atoms with E-state index in [1.165, 1.54) is 0 Å². The van der Waals surface area contributed by atoms with Crippen LogP contribution in [0.4, 0.5) is 0 Å². The molecule has 5 heteroatoms. The van der Waals surface area contributed by atoms with E-state index in [9.17, 15) is 4.79 Å². The average Bonchev–Trinajstić information content (AvgIpc) is 2.60. The van der Waals surface area contributed by atoms with E-state index in [1.807, 2.05) is 13.8 Å². The number of aryl methyl sites for hydroxylation is 1. The summed E-state index contributed by atoms with van der Waals surface area (Å²) in [5, 5.41) is 17.0. The molecule has 1 heterocycles. The van der Waals surface area contributed by atoms with Crippen LogP contribution in [0.3, 0.4) is 0 Å². The maximum Gasteiger partial charge on any atom is 0.172 e. The smallest absolute Gasteiger partial charge is 0.172 e. The predicted octanol–water partition coefficient (Wildman–Crippen LogP) is 1.38. The van der Waals surface area contributed by atoms with Gasteiger partial charge in [0, 0.05) is 6.54 Å². The van der Waals surface area contributed by atoms with E-state index in [1.54, 1.807) is 11.6 Å². The lowest BCUT2D eigenvalue weighted by Gasteiger charge is -2.10. The lowest BCUT2D eigenvalue weighted by molar-refractivity contribution is 0.111. The number of carbonyl (C=O) groups excluding carboxylic acids is 1. The third-order valence-corrected chi connectivity index (χ3v) is 2.45. The van der Waals surface area contributed by atoms with Gasteiger partial charge < -0.3 is 5.11 Å². The molecule has 1 atom stereocenters. The second-order valence-electron chi connectivity index (χ2n) is 4.35. The third kappa shape index (κ3) is 3.13. The number of aromatic nitrogens is 3. The van der Waals surface area contributed by atoms with Gasteiger partial charge in [0.25, 0.3) is 0 Å². The summed E-state index contributed by atoms with van der Waals surface area (Å²) >= 11 is 0. The zero-order valence-corrected chi connectivity index (χ0v) is 10.1. The first kappa shape index (κ1) is 12.8. The largest absolute Gasteiger partial charge is 0.393 e. The summed E-state index contributed by atoms with van der Waals surface area (Å²) in [6.07, 6.45) is 2.01. The van der Waals surface area contributed by atoms with Crippen LogP contribution in [0.5, 0.6) is 0 Å². The fraction of sp³-hybridized carbons (Fsp3) is 0.727. The van der Waals surface area contributed by atoms with Gasteiger partial charge in [0.2, 0.25) is 0 Å². The second-order valence-corrected chi connectivity index (χ2v) is 4.35. The van der Waals surface area contributed by atoms with Gasteiger partial charge in [-0.15, -0.1) is 5.10 Å². The second kappa shape index (κ2) is 5.75. The zero-order valence-electron chi connectivity index (χ0n) is 10.1. The number of carbonyl (C=O) groups is 1. The summed E-state index contributed by atoms with van der Waals surface area (Å²) < 4.78 is 1.76. The molecule has 0 fully saturated rings. The molecule has 0 saturated heterocycles. The van der Waals surface area contributed by atoms with Gasteiger partial charge in [-0.2, -0.15) is 0 Å². The first-order chi connectivity index (χ1) is 7.56. The molecule has 0 saturated carbocycles. The molecule has 0 aliphatic heterocycles. The van der Waals surface area contributed by atoms with Gasteiger partial charge in [-0.25, -0.2) is 4.68 Å². The summed E-state index contributed by atoms with van der Waals surface area (Å²) in [6.45, 7) is 6.48. The van der Waals surface area contributed by atoms with Crippen LogP contribution in [0.1, 0.15) is 55.7 Å². The average molecular weight is 225 g/mol. The standard InChI is InChI=1S/C11H19N3O2/c1-8(2)11-10(7-15)12-13-14(11)6-4-5-9(3)16/h7-9,16H,4-6H2,1-3H3. The molecule has 1 aromatic heterocycles. The molecule has 0 aliphatic rings. The molecule has 0 aliphatic carbocycles.